The van der Waals surface area contributed by atoms with Gasteiger partial charge in [0.05, 0.1) is 11.4 Å². The highest BCUT2D eigenvalue weighted by atomic mass is 16.3. The fourth-order valence-electron chi connectivity index (χ4n) is 5.52. The van der Waals surface area contributed by atoms with E-state index in [0.717, 1.165) is 44.8 Å². The van der Waals surface area contributed by atoms with Gasteiger partial charge in [0.1, 0.15) is 5.75 Å². The standard InChI is InChI=1S/C32H37N5O4/c1-23-7-2-3-10-28(23)35-17-19-36(20-18-35)29-13-12-25(31(40)33-14-6-16-37-15-5-11-30(37)39)22-27(29)34-32(41)24-8-4-9-26(38)21-24/h2-4,7-10,12-13,21-22,38H,5-6,11,14-20H2,1H3,(H,33,40)(H,34,41). The average Bonchev–Trinajstić information content (AvgIpc) is 3.40. The SMILES string of the molecule is Cc1ccccc1N1CCN(c2ccc(C(=O)NCCCN3CCCC3=O)cc2NC(=O)c2cccc(O)c2)CC1. The number of aryl methyl sites for hydroxylation is 1. The van der Waals surface area contributed by atoms with Crippen molar-refractivity contribution in [3.63, 3.8) is 0 Å². The smallest absolute Gasteiger partial charge is 0.255 e. The third-order valence-corrected chi connectivity index (χ3v) is 7.75. The maximum atomic E-state index is 13.1. The van der Waals surface area contributed by atoms with E-state index < -0.39 is 0 Å². The van der Waals surface area contributed by atoms with Crippen LogP contribution in [0.2, 0.25) is 0 Å². The molecule has 0 aromatic heterocycles. The van der Waals surface area contributed by atoms with Gasteiger partial charge in [-0.05, 0) is 67.8 Å². The molecule has 2 saturated heterocycles. The molecule has 0 saturated carbocycles. The number of para-hydroxylation sites is 1. The van der Waals surface area contributed by atoms with Crippen molar-refractivity contribution in [3.8, 4) is 5.75 Å². The van der Waals surface area contributed by atoms with Crippen LogP contribution >= 0.6 is 0 Å². The van der Waals surface area contributed by atoms with Crippen molar-refractivity contribution in [2.45, 2.75) is 26.2 Å². The Hall–Kier alpha value is -4.53. The number of anilines is 3. The second-order valence-corrected chi connectivity index (χ2v) is 10.6. The Kier molecular flexibility index (Phi) is 8.72. The molecule has 41 heavy (non-hydrogen) atoms. The normalized spacial score (nSPS) is 15.2. The summed E-state index contributed by atoms with van der Waals surface area (Å²) in [6.45, 7) is 7.16. The highest BCUT2D eigenvalue weighted by molar-refractivity contribution is 6.07. The van der Waals surface area contributed by atoms with Crippen molar-refractivity contribution in [1.82, 2.24) is 10.2 Å². The van der Waals surface area contributed by atoms with Crippen molar-refractivity contribution in [2.75, 3.05) is 60.9 Å². The van der Waals surface area contributed by atoms with Crippen molar-refractivity contribution >= 4 is 34.8 Å². The first-order valence-corrected chi connectivity index (χ1v) is 14.2. The molecule has 0 bridgehead atoms. The lowest BCUT2D eigenvalue weighted by Gasteiger charge is -2.38. The highest BCUT2D eigenvalue weighted by Gasteiger charge is 2.23. The van der Waals surface area contributed by atoms with Crippen LogP contribution in [0.4, 0.5) is 17.1 Å². The predicted octanol–water partition coefficient (Wildman–Crippen LogP) is 4.02. The number of hydrogen-bond acceptors (Lipinski definition) is 6. The average molecular weight is 556 g/mol. The number of hydrogen-bond donors (Lipinski definition) is 3. The van der Waals surface area contributed by atoms with Gasteiger partial charge in [0.2, 0.25) is 5.91 Å². The minimum Gasteiger partial charge on any atom is -0.508 e. The van der Waals surface area contributed by atoms with Crippen LogP contribution in [0, 0.1) is 6.92 Å². The van der Waals surface area contributed by atoms with Gasteiger partial charge in [-0.3, -0.25) is 14.4 Å². The van der Waals surface area contributed by atoms with Gasteiger partial charge in [-0.15, -0.1) is 0 Å². The Morgan fingerprint density at radius 2 is 1.56 bits per heavy atom. The quantitative estimate of drug-likeness (QED) is 0.345. The largest absolute Gasteiger partial charge is 0.508 e. The summed E-state index contributed by atoms with van der Waals surface area (Å²) in [6.07, 6.45) is 2.19. The van der Waals surface area contributed by atoms with E-state index in [2.05, 4.69) is 45.6 Å². The lowest BCUT2D eigenvalue weighted by atomic mass is 10.1. The zero-order valence-corrected chi connectivity index (χ0v) is 23.4. The third kappa shape index (κ3) is 6.80. The molecule has 2 fully saturated rings. The zero-order valence-electron chi connectivity index (χ0n) is 23.4. The van der Waals surface area contributed by atoms with E-state index in [-0.39, 0.29) is 23.5 Å². The van der Waals surface area contributed by atoms with E-state index in [1.54, 1.807) is 24.3 Å². The minimum atomic E-state index is -0.367. The summed E-state index contributed by atoms with van der Waals surface area (Å²) in [5.41, 5.74) is 4.61. The van der Waals surface area contributed by atoms with Gasteiger partial charge in [0, 0.05) is 69.0 Å². The summed E-state index contributed by atoms with van der Waals surface area (Å²) < 4.78 is 0. The topological polar surface area (TPSA) is 105 Å². The highest BCUT2D eigenvalue weighted by Crippen LogP contribution is 2.30. The first-order valence-electron chi connectivity index (χ1n) is 14.2. The van der Waals surface area contributed by atoms with Crippen LogP contribution in [0.3, 0.4) is 0 Å². The molecule has 9 nitrogen and oxygen atoms in total. The van der Waals surface area contributed by atoms with E-state index in [9.17, 15) is 19.5 Å². The Morgan fingerprint density at radius 1 is 0.829 bits per heavy atom. The second-order valence-electron chi connectivity index (χ2n) is 10.6. The number of piperazine rings is 1. The van der Waals surface area contributed by atoms with Gasteiger partial charge < -0.3 is 30.4 Å². The number of phenolic OH excluding ortho intramolecular Hbond substituents is 1. The molecule has 2 heterocycles. The van der Waals surface area contributed by atoms with Crippen molar-refractivity contribution in [2.24, 2.45) is 0 Å². The fraction of sp³-hybridized carbons (Fsp3) is 0.344. The molecule has 9 heteroatoms. The van der Waals surface area contributed by atoms with E-state index in [1.165, 1.54) is 23.4 Å². The molecule has 2 aliphatic heterocycles. The van der Waals surface area contributed by atoms with E-state index >= 15 is 0 Å². The Balaban J connectivity index is 1.29. The Morgan fingerprint density at radius 3 is 2.27 bits per heavy atom. The van der Waals surface area contributed by atoms with Crippen LogP contribution in [-0.2, 0) is 4.79 Å². The van der Waals surface area contributed by atoms with Crippen LogP contribution < -0.4 is 20.4 Å². The third-order valence-electron chi connectivity index (χ3n) is 7.75. The molecule has 3 aromatic carbocycles. The molecule has 214 valence electrons. The molecule has 3 N–H and O–H groups in total. The first kappa shape index (κ1) is 28.0. The molecule has 3 aromatic rings. The molecular formula is C32H37N5O4. The molecule has 3 amide bonds. The van der Waals surface area contributed by atoms with Crippen molar-refractivity contribution in [3.05, 3.63) is 83.4 Å². The minimum absolute atomic E-state index is 0.00830. The monoisotopic (exact) mass is 555 g/mol. The second kappa shape index (κ2) is 12.8. The van der Waals surface area contributed by atoms with Crippen LogP contribution in [-0.4, -0.2) is 73.5 Å². The van der Waals surface area contributed by atoms with Crippen LogP contribution in [0.1, 0.15) is 45.5 Å². The molecule has 0 atom stereocenters. The summed E-state index contributed by atoms with van der Waals surface area (Å²) in [4.78, 5) is 44.4. The number of carbonyl (C=O) groups excluding carboxylic acids is 3. The molecule has 5 rings (SSSR count). The number of benzene rings is 3. The van der Waals surface area contributed by atoms with E-state index in [1.807, 2.05) is 17.0 Å². The van der Waals surface area contributed by atoms with Gasteiger partial charge in [0.25, 0.3) is 11.8 Å². The van der Waals surface area contributed by atoms with Gasteiger partial charge in [0.15, 0.2) is 0 Å². The summed E-state index contributed by atoms with van der Waals surface area (Å²) in [7, 11) is 0. The summed E-state index contributed by atoms with van der Waals surface area (Å²) >= 11 is 0. The number of likely N-dealkylation sites (tertiary alicyclic amines) is 1. The van der Waals surface area contributed by atoms with Crippen LogP contribution in [0.25, 0.3) is 0 Å². The first-order chi connectivity index (χ1) is 19.9. The number of rotatable bonds is 9. The lowest BCUT2D eigenvalue weighted by Crippen LogP contribution is -2.47. The van der Waals surface area contributed by atoms with Gasteiger partial charge in [-0.1, -0.05) is 24.3 Å². The lowest BCUT2D eigenvalue weighted by molar-refractivity contribution is -0.127. The van der Waals surface area contributed by atoms with Crippen LogP contribution in [0.5, 0.6) is 5.75 Å². The molecular weight excluding hydrogens is 518 g/mol. The zero-order chi connectivity index (χ0) is 28.8. The van der Waals surface area contributed by atoms with Gasteiger partial charge in [-0.25, -0.2) is 0 Å². The van der Waals surface area contributed by atoms with Gasteiger partial charge in [-0.2, -0.15) is 0 Å². The number of phenols is 1. The van der Waals surface area contributed by atoms with E-state index in [0.29, 0.717) is 42.7 Å². The number of nitrogens with one attached hydrogen (secondary N) is 2. The Bertz CT molecular complexity index is 1420. The maximum absolute atomic E-state index is 13.1. The van der Waals surface area contributed by atoms with Crippen molar-refractivity contribution < 1.29 is 19.5 Å². The molecule has 0 aliphatic carbocycles. The maximum Gasteiger partial charge on any atom is 0.255 e. The summed E-state index contributed by atoms with van der Waals surface area (Å²) in [6, 6.07) is 19.9. The Labute approximate surface area is 240 Å². The predicted molar refractivity (Wildman–Crippen MR) is 161 cm³/mol. The number of carbonyl (C=O) groups is 3. The summed E-state index contributed by atoms with van der Waals surface area (Å²) in [5, 5.41) is 15.8. The molecule has 0 unspecified atom stereocenters. The molecule has 0 radical (unpaired) electrons. The van der Waals surface area contributed by atoms with Gasteiger partial charge >= 0.3 is 0 Å². The molecule has 2 aliphatic rings. The summed E-state index contributed by atoms with van der Waals surface area (Å²) in [5.74, 6) is -0.414. The number of aromatic hydroxyl groups is 1. The number of nitrogens with zero attached hydrogens (tertiary/aromatic N) is 3. The van der Waals surface area contributed by atoms with E-state index in [4.69, 9.17) is 0 Å². The molecule has 0 spiro atoms. The fourth-order valence-corrected chi connectivity index (χ4v) is 5.52. The van der Waals surface area contributed by atoms with Crippen molar-refractivity contribution in [1.29, 1.82) is 0 Å². The number of amides is 3. The van der Waals surface area contributed by atoms with Crippen LogP contribution in [0.15, 0.2) is 66.7 Å².